The second-order valence-corrected chi connectivity index (χ2v) is 13.5. The largest absolute Gasteiger partial charge is 0.385 e. The molecule has 4 atom stereocenters. The Morgan fingerprint density at radius 1 is 0.425 bits per heavy atom. The maximum atomic E-state index is 5.23. The van der Waals surface area contributed by atoms with Gasteiger partial charge in [0.2, 0.25) is 0 Å². The van der Waals surface area contributed by atoms with Gasteiger partial charge in [-0.25, -0.2) is 0 Å². The van der Waals surface area contributed by atoms with Crippen molar-refractivity contribution in [2.24, 2.45) is 23.7 Å². The Labute approximate surface area is 253 Å². The van der Waals surface area contributed by atoms with Gasteiger partial charge in [0.25, 0.3) is 0 Å². The molecule has 0 aliphatic heterocycles. The van der Waals surface area contributed by atoms with Gasteiger partial charge in [-0.05, 0) is 68.6 Å². The second-order valence-electron chi connectivity index (χ2n) is 13.5. The predicted octanol–water partition coefficient (Wildman–Crippen LogP) is 12.5. The van der Waals surface area contributed by atoms with Crippen LogP contribution in [0.5, 0.6) is 0 Å². The van der Waals surface area contributed by atoms with Crippen LogP contribution in [0.25, 0.3) is 0 Å². The minimum Gasteiger partial charge on any atom is -0.385 e. The summed E-state index contributed by atoms with van der Waals surface area (Å²) in [5.41, 5.74) is 0. The summed E-state index contributed by atoms with van der Waals surface area (Å²) in [6, 6.07) is 0. The lowest BCUT2D eigenvalue weighted by Gasteiger charge is -2.29. The maximum Gasteiger partial charge on any atom is 0.0462 e. The average Bonchev–Trinajstić information content (AvgIpc) is 3.12. The lowest BCUT2D eigenvalue weighted by molar-refractivity contribution is 0.191. The Morgan fingerprint density at radius 3 is 1.15 bits per heavy atom. The zero-order valence-electron chi connectivity index (χ0n) is 28.2. The highest BCUT2D eigenvalue weighted by Gasteiger charge is 2.33. The molecule has 0 aromatic rings. The number of hydrogen-bond acceptors (Lipinski definition) is 2. The van der Waals surface area contributed by atoms with Gasteiger partial charge in [-0.15, -0.1) is 0 Å². The average molecular weight is 564 g/mol. The Balaban J connectivity index is 2.66. The van der Waals surface area contributed by atoms with Crippen LogP contribution in [0.4, 0.5) is 0 Å². The molecule has 1 rings (SSSR count). The molecule has 0 spiro atoms. The van der Waals surface area contributed by atoms with Gasteiger partial charge in [-0.3, -0.25) is 0 Å². The van der Waals surface area contributed by atoms with E-state index in [0.29, 0.717) is 0 Å². The van der Waals surface area contributed by atoms with Crippen LogP contribution in [0.3, 0.4) is 0 Å². The molecule has 1 aliphatic rings. The molecular formula is C38H75O2. The summed E-state index contributed by atoms with van der Waals surface area (Å²) in [6.45, 7) is 6.57. The highest BCUT2D eigenvalue weighted by Crippen LogP contribution is 2.43. The van der Waals surface area contributed by atoms with Crippen molar-refractivity contribution in [2.75, 3.05) is 27.4 Å². The normalized spacial score (nSPS) is 21.6. The topological polar surface area (TPSA) is 18.5 Å². The smallest absolute Gasteiger partial charge is 0.0462 e. The fourth-order valence-electron chi connectivity index (χ4n) is 7.38. The molecule has 2 heteroatoms. The number of unbranched alkanes of at least 4 members (excludes halogenated alkanes) is 17. The standard InChI is InChI=1S/C38H75O2/c1-5-7-9-15-22-28-37-34-38(29-23-17-12-14-19-25-33-40-4)36(27-21-16-11-13-18-24-32-39-3)31-30-35(37)26-20-10-8-6-2/h34-38H,5-33H2,1-4H3. The molecule has 0 aromatic carbocycles. The van der Waals surface area contributed by atoms with Crippen LogP contribution in [0.15, 0.2) is 0 Å². The lowest BCUT2D eigenvalue weighted by atomic mass is 9.76. The van der Waals surface area contributed by atoms with Crippen molar-refractivity contribution < 1.29 is 9.47 Å². The molecule has 4 unspecified atom stereocenters. The van der Waals surface area contributed by atoms with Gasteiger partial charge in [0.15, 0.2) is 0 Å². The van der Waals surface area contributed by atoms with Crippen molar-refractivity contribution in [3.05, 3.63) is 6.42 Å². The molecule has 0 aromatic heterocycles. The highest BCUT2D eigenvalue weighted by atomic mass is 16.5. The minimum atomic E-state index is 0.886. The summed E-state index contributed by atoms with van der Waals surface area (Å²) in [5, 5.41) is 0. The molecule has 1 saturated carbocycles. The van der Waals surface area contributed by atoms with Crippen LogP contribution in [-0.2, 0) is 9.47 Å². The molecule has 40 heavy (non-hydrogen) atoms. The number of rotatable bonds is 29. The SMILES string of the molecule is CCCCCCCC1[CH]C(CCCCCCCCOC)C(CCCCCCCCOC)CCC1CCCCCC. The Morgan fingerprint density at radius 2 is 0.750 bits per heavy atom. The fourth-order valence-corrected chi connectivity index (χ4v) is 7.38. The van der Waals surface area contributed by atoms with E-state index in [-0.39, 0.29) is 0 Å². The van der Waals surface area contributed by atoms with E-state index in [1.54, 1.807) is 0 Å². The monoisotopic (exact) mass is 564 g/mol. The zero-order chi connectivity index (χ0) is 28.9. The van der Waals surface area contributed by atoms with Crippen LogP contribution in [0.1, 0.15) is 187 Å². The van der Waals surface area contributed by atoms with E-state index in [0.717, 1.165) is 36.9 Å². The summed E-state index contributed by atoms with van der Waals surface area (Å²) in [6.07, 6.45) is 41.4. The predicted molar refractivity (Wildman–Crippen MR) is 178 cm³/mol. The summed E-state index contributed by atoms with van der Waals surface area (Å²) >= 11 is 0. The first-order valence-corrected chi connectivity index (χ1v) is 18.6. The van der Waals surface area contributed by atoms with Crippen LogP contribution in [-0.4, -0.2) is 27.4 Å². The van der Waals surface area contributed by atoms with Crippen molar-refractivity contribution in [2.45, 2.75) is 187 Å². The van der Waals surface area contributed by atoms with Gasteiger partial charge in [0.05, 0.1) is 0 Å². The molecular weight excluding hydrogens is 488 g/mol. The third-order valence-corrected chi connectivity index (χ3v) is 9.99. The number of ether oxygens (including phenoxy) is 2. The number of hydrogen-bond donors (Lipinski definition) is 0. The van der Waals surface area contributed by atoms with E-state index in [1.165, 1.54) is 173 Å². The van der Waals surface area contributed by atoms with E-state index in [4.69, 9.17) is 9.47 Å². The molecule has 0 bridgehead atoms. The van der Waals surface area contributed by atoms with E-state index < -0.39 is 0 Å². The summed E-state index contributed by atoms with van der Waals surface area (Å²) in [4.78, 5) is 0. The van der Waals surface area contributed by atoms with Gasteiger partial charge in [0.1, 0.15) is 0 Å². The third-order valence-electron chi connectivity index (χ3n) is 9.99. The van der Waals surface area contributed by atoms with E-state index >= 15 is 0 Å². The Bertz CT molecular complexity index is 492. The first-order valence-electron chi connectivity index (χ1n) is 18.6. The number of methoxy groups -OCH3 is 2. The lowest BCUT2D eigenvalue weighted by Crippen LogP contribution is -2.19. The van der Waals surface area contributed by atoms with Crippen LogP contribution in [0.2, 0.25) is 0 Å². The summed E-state index contributed by atoms with van der Waals surface area (Å²) < 4.78 is 10.5. The third kappa shape index (κ3) is 20.7. The van der Waals surface area contributed by atoms with Crippen molar-refractivity contribution in [3.63, 3.8) is 0 Å². The Hall–Kier alpha value is -0.0800. The minimum absolute atomic E-state index is 0.886. The van der Waals surface area contributed by atoms with Gasteiger partial charge < -0.3 is 9.47 Å². The van der Waals surface area contributed by atoms with Crippen LogP contribution in [0, 0.1) is 30.1 Å². The molecule has 1 aliphatic carbocycles. The molecule has 0 amide bonds. The van der Waals surface area contributed by atoms with Crippen LogP contribution < -0.4 is 0 Å². The second kappa shape index (κ2) is 29.0. The van der Waals surface area contributed by atoms with Crippen LogP contribution >= 0.6 is 0 Å². The first-order chi connectivity index (χ1) is 19.8. The van der Waals surface area contributed by atoms with Gasteiger partial charge in [0, 0.05) is 27.4 Å². The van der Waals surface area contributed by atoms with Crippen molar-refractivity contribution in [1.29, 1.82) is 0 Å². The molecule has 1 fully saturated rings. The van der Waals surface area contributed by atoms with E-state index in [9.17, 15) is 0 Å². The molecule has 0 heterocycles. The molecule has 2 nitrogen and oxygen atoms in total. The summed E-state index contributed by atoms with van der Waals surface area (Å²) in [7, 11) is 3.66. The fraction of sp³-hybridized carbons (Fsp3) is 0.974. The first kappa shape index (κ1) is 37.9. The van der Waals surface area contributed by atoms with Crippen molar-refractivity contribution in [3.8, 4) is 0 Å². The van der Waals surface area contributed by atoms with Gasteiger partial charge >= 0.3 is 0 Å². The van der Waals surface area contributed by atoms with E-state index in [1.807, 2.05) is 14.2 Å². The quantitative estimate of drug-likeness (QED) is 0.0665. The van der Waals surface area contributed by atoms with Gasteiger partial charge in [-0.1, -0.05) is 149 Å². The molecule has 0 saturated heterocycles. The maximum absolute atomic E-state index is 5.23. The van der Waals surface area contributed by atoms with Crippen molar-refractivity contribution in [1.82, 2.24) is 0 Å². The molecule has 0 N–H and O–H groups in total. The molecule has 1 radical (unpaired) electrons. The molecule has 239 valence electrons. The van der Waals surface area contributed by atoms with Crippen molar-refractivity contribution >= 4 is 0 Å². The zero-order valence-corrected chi connectivity index (χ0v) is 28.2. The van der Waals surface area contributed by atoms with E-state index in [2.05, 4.69) is 20.3 Å². The van der Waals surface area contributed by atoms with Gasteiger partial charge in [-0.2, -0.15) is 0 Å². The highest BCUT2D eigenvalue weighted by molar-refractivity contribution is 4.94. The Kier molecular flexibility index (Phi) is 27.5. The summed E-state index contributed by atoms with van der Waals surface area (Å²) in [5.74, 6) is 3.71.